The number of piperidine rings is 1. The van der Waals surface area contributed by atoms with Crippen molar-refractivity contribution in [3.63, 3.8) is 0 Å². The van der Waals surface area contributed by atoms with Crippen LogP contribution in [0.4, 0.5) is 9.18 Å². The summed E-state index contributed by atoms with van der Waals surface area (Å²) in [5.74, 6) is 0.736. The summed E-state index contributed by atoms with van der Waals surface area (Å²) < 4.78 is 26.3. The number of benzene rings is 1. The molecule has 1 amide bonds. The van der Waals surface area contributed by atoms with Gasteiger partial charge in [-0.25, -0.2) is 9.18 Å². The van der Waals surface area contributed by atoms with Crippen molar-refractivity contribution in [1.29, 1.82) is 0 Å². The first-order valence-corrected chi connectivity index (χ1v) is 9.80. The molecule has 0 saturated carbocycles. The Balaban J connectivity index is 2.37. The van der Waals surface area contributed by atoms with Crippen molar-refractivity contribution in [2.75, 3.05) is 7.11 Å². The van der Waals surface area contributed by atoms with Crippen LogP contribution in [0.15, 0.2) is 24.3 Å². The average molecular weight is 395 g/mol. The maximum Gasteiger partial charge on any atom is 0.410 e. The van der Waals surface area contributed by atoms with Crippen LogP contribution in [0.1, 0.15) is 60.5 Å². The third-order valence-electron chi connectivity index (χ3n) is 4.95. The van der Waals surface area contributed by atoms with Crippen molar-refractivity contribution in [2.24, 2.45) is 0 Å². The smallest absolute Gasteiger partial charge is 0.410 e. The molecule has 6 heteroatoms. The summed E-state index contributed by atoms with van der Waals surface area (Å²) in [6.07, 6.45) is -1.23. The molecule has 1 aliphatic rings. The van der Waals surface area contributed by atoms with E-state index in [0.717, 1.165) is 11.3 Å². The highest BCUT2D eigenvalue weighted by Crippen LogP contribution is 2.35. The summed E-state index contributed by atoms with van der Waals surface area (Å²) >= 11 is 0. The number of halogens is 1. The fourth-order valence-corrected chi connectivity index (χ4v) is 3.93. The minimum absolute atomic E-state index is 0.274. The van der Waals surface area contributed by atoms with Crippen molar-refractivity contribution >= 4 is 6.09 Å². The molecule has 1 aliphatic heterocycles. The number of carbonyl (C=O) groups excluding carboxylic acids is 1. The van der Waals surface area contributed by atoms with Gasteiger partial charge in [-0.1, -0.05) is 12.1 Å². The van der Waals surface area contributed by atoms with Gasteiger partial charge in [0.25, 0.3) is 0 Å². The third-order valence-corrected chi connectivity index (χ3v) is 4.95. The van der Waals surface area contributed by atoms with E-state index in [1.165, 1.54) is 0 Å². The first-order valence-electron chi connectivity index (χ1n) is 9.80. The van der Waals surface area contributed by atoms with Crippen molar-refractivity contribution in [3.05, 3.63) is 29.8 Å². The van der Waals surface area contributed by atoms with E-state index in [1.54, 1.807) is 12.0 Å². The van der Waals surface area contributed by atoms with E-state index >= 15 is 4.39 Å². The van der Waals surface area contributed by atoms with Crippen LogP contribution in [0.5, 0.6) is 5.75 Å². The van der Waals surface area contributed by atoms with E-state index in [4.69, 9.17) is 9.47 Å². The van der Waals surface area contributed by atoms with Gasteiger partial charge in [-0.2, -0.15) is 0 Å². The number of ether oxygens (including phenoxy) is 2. The van der Waals surface area contributed by atoms with Crippen molar-refractivity contribution in [2.45, 2.75) is 90.3 Å². The fraction of sp³-hybridized carbons (Fsp3) is 0.682. The zero-order valence-corrected chi connectivity index (χ0v) is 18.4. The molecule has 5 nitrogen and oxygen atoms in total. The molecule has 0 aliphatic carbocycles. The van der Waals surface area contributed by atoms with Gasteiger partial charge in [-0.3, -0.25) is 4.90 Å². The molecule has 2 rings (SSSR count). The second-order valence-electron chi connectivity index (χ2n) is 9.86. The summed E-state index contributed by atoms with van der Waals surface area (Å²) in [5.41, 5.74) is -0.823. The van der Waals surface area contributed by atoms with Crippen molar-refractivity contribution in [1.82, 2.24) is 10.2 Å². The van der Waals surface area contributed by atoms with Crippen molar-refractivity contribution in [3.8, 4) is 5.75 Å². The van der Waals surface area contributed by atoms with Crippen LogP contribution in [0.2, 0.25) is 0 Å². The van der Waals surface area contributed by atoms with Crippen LogP contribution < -0.4 is 10.1 Å². The summed E-state index contributed by atoms with van der Waals surface area (Å²) in [6, 6.07) is 6.86. The lowest BCUT2D eigenvalue weighted by atomic mass is 9.77. The molecule has 1 saturated heterocycles. The Labute approximate surface area is 168 Å². The van der Waals surface area contributed by atoms with E-state index in [2.05, 4.69) is 5.32 Å². The van der Waals surface area contributed by atoms with E-state index < -0.39 is 29.4 Å². The van der Waals surface area contributed by atoms with Gasteiger partial charge in [0.1, 0.15) is 17.5 Å². The Bertz CT molecular complexity index is 680. The van der Waals surface area contributed by atoms with Gasteiger partial charge in [0.05, 0.1) is 13.2 Å². The Kier molecular flexibility index (Phi) is 6.34. The predicted molar refractivity (Wildman–Crippen MR) is 109 cm³/mol. The monoisotopic (exact) mass is 394 g/mol. The molecule has 0 bridgehead atoms. The van der Waals surface area contributed by atoms with E-state index in [1.807, 2.05) is 72.7 Å². The van der Waals surface area contributed by atoms with Gasteiger partial charge in [0.2, 0.25) is 0 Å². The van der Waals surface area contributed by atoms with Gasteiger partial charge in [0, 0.05) is 17.6 Å². The largest absolute Gasteiger partial charge is 0.497 e. The molecular formula is C22H35FN2O3. The third kappa shape index (κ3) is 5.60. The Morgan fingerprint density at radius 3 is 2.29 bits per heavy atom. The molecule has 0 unspecified atom stereocenters. The lowest BCUT2D eigenvalue weighted by molar-refractivity contribution is -0.0353. The number of amides is 1. The lowest BCUT2D eigenvalue weighted by Crippen LogP contribution is -2.69. The standard InChI is InChI=1S/C22H35FN2O3/c1-20(2,3)28-19(26)25(14-15-9-11-16(27-8)12-10-15)17-13-21(4,5)24-22(6,7)18(17)23/h9-12,17-18,24H,13-14H2,1-8H3/t17-,18-/m0/s1. The number of methoxy groups -OCH3 is 1. The minimum Gasteiger partial charge on any atom is -0.497 e. The molecular weight excluding hydrogens is 359 g/mol. The van der Waals surface area contributed by atoms with Crippen LogP contribution in [-0.2, 0) is 11.3 Å². The topological polar surface area (TPSA) is 50.8 Å². The summed E-state index contributed by atoms with van der Waals surface area (Å²) in [4.78, 5) is 14.6. The fourth-order valence-electron chi connectivity index (χ4n) is 3.93. The second-order valence-corrected chi connectivity index (χ2v) is 9.86. The number of rotatable bonds is 4. The number of nitrogens with zero attached hydrogens (tertiary/aromatic N) is 1. The molecule has 1 aromatic rings. The van der Waals surface area contributed by atoms with Crippen LogP contribution in [0, 0.1) is 0 Å². The second kappa shape index (κ2) is 7.90. The van der Waals surface area contributed by atoms with Gasteiger partial charge in [-0.15, -0.1) is 0 Å². The highest BCUT2D eigenvalue weighted by molar-refractivity contribution is 5.69. The summed E-state index contributed by atoms with van der Waals surface area (Å²) in [6.45, 7) is 13.5. The molecule has 0 radical (unpaired) electrons. The normalized spacial score (nSPS) is 23.8. The Hall–Kier alpha value is -1.82. The van der Waals surface area contributed by atoms with E-state index in [0.29, 0.717) is 6.42 Å². The van der Waals surface area contributed by atoms with Gasteiger partial charge < -0.3 is 14.8 Å². The van der Waals surface area contributed by atoms with Gasteiger partial charge in [-0.05, 0) is 72.6 Å². The molecule has 1 N–H and O–H groups in total. The molecule has 1 heterocycles. The highest BCUT2D eigenvalue weighted by Gasteiger charge is 2.49. The van der Waals surface area contributed by atoms with Gasteiger partial charge in [0.15, 0.2) is 0 Å². The zero-order chi connectivity index (χ0) is 21.3. The van der Waals surface area contributed by atoms with Crippen LogP contribution in [0.3, 0.4) is 0 Å². The SMILES string of the molecule is COc1ccc(CN(C(=O)OC(C)(C)C)[C@H]2CC(C)(C)NC(C)(C)[C@H]2F)cc1. The Morgan fingerprint density at radius 2 is 1.79 bits per heavy atom. The molecule has 0 spiro atoms. The number of alkyl halides is 1. The predicted octanol–water partition coefficient (Wildman–Crippen LogP) is 4.69. The number of hydrogen-bond acceptors (Lipinski definition) is 4. The first kappa shape index (κ1) is 22.5. The lowest BCUT2D eigenvalue weighted by Gasteiger charge is -2.51. The number of hydrogen-bond donors (Lipinski definition) is 1. The van der Waals surface area contributed by atoms with Crippen LogP contribution in [0.25, 0.3) is 0 Å². The first-order chi connectivity index (χ1) is 12.7. The van der Waals surface area contributed by atoms with Crippen LogP contribution >= 0.6 is 0 Å². The molecule has 2 atom stereocenters. The molecule has 1 aromatic carbocycles. The van der Waals surface area contributed by atoms with E-state index in [9.17, 15) is 4.79 Å². The highest BCUT2D eigenvalue weighted by atomic mass is 19.1. The van der Waals surface area contributed by atoms with Gasteiger partial charge >= 0.3 is 6.09 Å². The molecule has 158 valence electrons. The maximum atomic E-state index is 15.5. The number of carbonyl (C=O) groups is 1. The van der Waals surface area contributed by atoms with Crippen LogP contribution in [-0.4, -0.2) is 47.0 Å². The van der Waals surface area contributed by atoms with E-state index in [-0.39, 0.29) is 12.1 Å². The average Bonchev–Trinajstić information content (AvgIpc) is 2.54. The summed E-state index contributed by atoms with van der Waals surface area (Å²) in [7, 11) is 1.61. The summed E-state index contributed by atoms with van der Waals surface area (Å²) in [5, 5.41) is 3.36. The molecule has 1 fully saturated rings. The van der Waals surface area contributed by atoms with Crippen molar-refractivity contribution < 1.29 is 18.7 Å². The molecule has 28 heavy (non-hydrogen) atoms. The Morgan fingerprint density at radius 1 is 1.21 bits per heavy atom. The molecule has 0 aromatic heterocycles. The number of nitrogens with one attached hydrogen (secondary N) is 1. The minimum atomic E-state index is -1.23. The quantitative estimate of drug-likeness (QED) is 0.805. The zero-order valence-electron chi connectivity index (χ0n) is 18.4. The maximum absolute atomic E-state index is 15.5.